The van der Waals surface area contributed by atoms with E-state index in [1.165, 1.54) is 16.3 Å². The van der Waals surface area contributed by atoms with Crippen molar-refractivity contribution in [2.75, 3.05) is 0 Å². The Hall–Kier alpha value is -2.02. The quantitative estimate of drug-likeness (QED) is 0.644. The maximum absolute atomic E-state index is 5.36. The second-order valence-electron chi connectivity index (χ2n) is 4.57. The SMILES string of the molecule is c1coc(CCCc2cccc3ccccc23)c1. The van der Waals surface area contributed by atoms with Crippen molar-refractivity contribution in [3.05, 3.63) is 72.2 Å². The van der Waals surface area contributed by atoms with Crippen LogP contribution in [0.4, 0.5) is 0 Å². The van der Waals surface area contributed by atoms with Crippen molar-refractivity contribution in [3.8, 4) is 0 Å². The molecule has 3 rings (SSSR count). The smallest absolute Gasteiger partial charge is 0.103 e. The van der Waals surface area contributed by atoms with Gasteiger partial charge in [0.05, 0.1) is 6.26 Å². The molecule has 0 aliphatic carbocycles. The number of fused-ring (bicyclic) bond motifs is 1. The van der Waals surface area contributed by atoms with Crippen molar-refractivity contribution in [2.45, 2.75) is 19.3 Å². The summed E-state index contributed by atoms with van der Waals surface area (Å²) in [5.74, 6) is 1.08. The van der Waals surface area contributed by atoms with Gasteiger partial charge in [0, 0.05) is 6.42 Å². The first-order valence-electron chi connectivity index (χ1n) is 6.42. The normalized spacial score (nSPS) is 10.9. The van der Waals surface area contributed by atoms with Gasteiger partial charge in [-0.25, -0.2) is 0 Å². The van der Waals surface area contributed by atoms with E-state index in [9.17, 15) is 0 Å². The fourth-order valence-corrected chi connectivity index (χ4v) is 2.42. The largest absolute Gasteiger partial charge is 0.469 e. The molecule has 1 aromatic heterocycles. The van der Waals surface area contributed by atoms with Crippen LogP contribution in [0.1, 0.15) is 17.7 Å². The standard InChI is InChI=1S/C17H16O/c1-2-12-17-14(6-1)7-3-8-15(17)9-4-10-16-11-5-13-18-16/h1-3,5-8,11-13H,4,9-10H2. The first kappa shape index (κ1) is 11.1. The van der Waals surface area contributed by atoms with Gasteiger partial charge in [-0.15, -0.1) is 0 Å². The van der Waals surface area contributed by atoms with Crippen LogP contribution in [0, 0.1) is 0 Å². The first-order chi connectivity index (χ1) is 8.93. The van der Waals surface area contributed by atoms with E-state index in [0.717, 1.165) is 25.0 Å². The summed E-state index contributed by atoms with van der Waals surface area (Å²) in [6.07, 6.45) is 4.98. The molecule has 0 fully saturated rings. The first-order valence-corrected chi connectivity index (χ1v) is 6.42. The minimum atomic E-state index is 1.01. The summed E-state index contributed by atoms with van der Waals surface area (Å²) in [7, 11) is 0. The minimum Gasteiger partial charge on any atom is -0.469 e. The Morgan fingerprint density at radius 1 is 0.778 bits per heavy atom. The van der Waals surface area contributed by atoms with Crippen molar-refractivity contribution >= 4 is 10.8 Å². The lowest BCUT2D eigenvalue weighted by molar-refractivity contribution is 0.502. The van der Waals surface area contributed by atoms with E-state index in [1.807, 2.05) is 12.1 Å². The maximum Gasteiger partial charge on any atom is 0.103 e. The Labute approximate surface area is 107 Å². The van der Waals surface area contributed by atoms with E-state index in [0.29, 0.717) is 0 Å². The van der Waals surface area contributed by atoms with Crippen LogP contribution in [0.25, 0.3) is 10.8 Å². The highest BCUT2D eigenvalue weighted by atomic mass is 16.3. The molecule has 1 heteroatoms. The van der Waals surface area contributed by atoms with E-state index < -0.39 is 0 Å². The van der Waals surface area contributed by atoms with Crippen molar-refractivity contribution in [1.82, 2.24) is 0 Å². The number of hydrogen-bond acceptors (Lipinski definition) is 1. The zero-order valence-electron chi connectivity index (χ0n) is 10.3. The molecule has 0 bridgehead atoms. The van der Waals surface area contributed by atoms with E-state index in [2.05, 4.69) is 42.5 Å². The van der Waals surface area contributed by atoms with Crippen molar-refractivity contribution in [1.29, 1.82) is 0 Å². The van der Waals surface area contributed by atoms with Gasteiger partial charge in [-0.2, -0.15) is 0 Å². The number of rotatable bonds is 4. The average molecular weight is 236 g/mol. The summed E-state index contributed by atoms with van der Waals surface area (Å²) in [4.78, 5) is 0. The fraction of sp³-hybridized carbons (Fsp3) is 0.176. The van der Waals surface area contributed by atoms with Gasteiger partial charge in [-0.05, 0) is 41.3 Å². The second-order valence-corrected chi connectivity index (χ2v) is 4.57. The number of furan rings is 1. The van der Waals surface area contributed by atoms with Crippen molar-refractivity contribution < 1.29 is 4.42 Å². The number of benzene rings is 2. The highest BCUT2D eigenvalue weighted by Gasteiger charge is 2.01. The van der Waals surface area contributed by atoms with Crippen LogP contribution < -0.4 is 0 Å². The summed E-state index contributed by atoms with van der Waals surface area (Å²) in [6.45, 7) is 0. The van der Waals surface area contributed by atoms with Gasteiger partial charge < -0.3 is 4.42 Å². The Kier molecular flexibility index (Phi) is 3.14. The minimum absolute atomic E-state index is 1.01. The van der Waals surface area contributed by atoms with E-state index in [1.54, 1.807) is 6.26 Å². The molecular weight excluding hydrogens is 220 g/mol. The maximum atomic E-state index is 5.36. The molecule has 1 heterocycles. The summed E-state index contributed by atoms with van der Waals surface area (Å²) < 4.78 is 5.36. The Morgan fingerprint density at radius 3 is 2.56 bits per heavy atom. The molecule has 0 radical (unpaired) electrons. The van der Waals surface area contributed by atoms with Crippen LogP contribution in [0.3, 0.4) is 0 Å². The number of aryl methyl sites for hydroxylation is 2. The van der Waals surface area contributed by atoms with E-state index >= 15 is 0 Å². The van der Waals surface area contributed by atoms with Gasteiger partial charge in [-0.1, -0.05) is 42.5 Å². The Morgan fingerprint density at radius 2 is 1.67 bits per heavy atom. The van der Waals surface area contributed by atoms with Gasteiger partial charge in [-0.3, -0.25) is 0 Å². The molecule has 18 heavy (non-hydrogen) atoms. The van der Waals surface area contributed by atoms with Crippen LogP contribution in [-0.4, -0.2) is 0 Å². The lowest BCUT2D eigenvalue weighted by atomic mass is 10.00. The molecule has 0 saturated heterocycles. The predicted molar refractivity (Wildman–Crippen MR) is 74.7 cm³/mol. The van der Waals surface area contributed by atoms with Crippen LogP contribution in [0.2, 0.25) is 0 Å². The molecule has 0 N–H and O–H groups in total. The van der Waals surface area contributed by atoms with Gasteiger partial charge in [0.1, 0.15) is 5.76 Å². The zero-order valence-corrected chi connectivity index (χ0v) is 10.3. The molecule has 0 unspecified atom stereocenters. The van der Waals surface area contributed by atoms with Crippen LogP contribution in [0.15, 0.2) is 65.3 Å². The van der Waals surface area contributed by atoms with Gasteiger partial charge >= 0.3 is 0 Å². The lowest BCUT2D eigenvalue weighted by Crippen LogP contribution is -1.90. The summed E-state index contributed by atoms with van der Waals surface area (Å²) in [5.41, 5.74) is 1.43. The topological polar surface area (TPSA) is 13.1 Å². The third-order valence-corrected chi connectivity index (χ3v) is 3.33. The highest BCUT2D eigenvalue weighted by Crippen LogP contribution is 2.20. The molecule has 0 amide bonds. The summed E-state index contributed by atoms with van der Waals surface area (Å²) >= 11 is 0. The monoisotopic (exact) mass is 236 g/mol. The van der Waals surface area contributed by atoms with Crippen molar-refractivity contribution in [2.24, 2.45) is 0 Å². The third-order valence-electron chi connectivity index (χ3n) is 3.33. The number of hydrogen-bond donors (Lipinski definition) is 0. The lowest BCUT2D eigenvalue weighted by Gasteiger charge is -2.05. The molecule has 0 atom stereocenters. The Balaban J connectivity index is 1.74. The van der Waals surface area contributed by atoms with Gasteiger partial charge in [0.2, 0.25) is 0 Å². The van der Waals surface area contributed by atoms with E-state index in [4.69, 9.17) is 4.42 Å². The third kappa shape index (κ3) is 2.30. The van der Waals surface area contributed by atoms with Crippen LogP contribution in [-0.2, 0) is 12.8 Å². The second kappa shape index (κ2) is 5.09. The molecule has 90 valence electrons. The average Bonchev–Trinajstić information content (AvgIpc) is 2.92. The predicted octanol–water partition coefficient (Wildman–Crippen LogP) is 4.61. The molecule has 2 aromatic carbocycles. The Bertz CT molecular complexity index is 618. The van der Waals surface area contributed by atoms with E-state index in [-0.39, 0.29) is 0 Å². The molecule has 1 nitrogen and oxygen atoms in total. The molecule has 0 aliphatic rings. The van der Waals surface area contributed by atoms with Crippen molar-refractivity contribution in [3.63, 3.8) is 0 Å². The van der Waals surface area contributed by atoms with Crippen LogP contribution in [0.5, 0.6) is 0 Å². The molecular formula is C17H16O. The highest BCUT2D eigenvalue weighted by molar-refractivity contribution is 5.85. The molecule has 0 saturated carbocycles. The van der Waals surface area contributed by atoms with Gasteiger partial charge in [0.25, 0.3) is 0 Å². The molecule has 0 aliphatic heterocycles. The molecule has 3 aromatic rings. The summed E-state index contributed by atoms with van der Waals surface area (Å²) in [5, 5.41) is 2.70. The van der Waals surface area contributed by atoms with Crippen LogP contribution >= 0.6 is 0 Å². The van der Waals surface area contributed by atoms with Gasteiger partial charge in [0.15, 0.2) is 0 Å². The molecule has 0 spiro atoms. The summed E-state index contributed by atoms with van der Waals surface area (Å²) in [6, 6.07) is 19.1. The zero-order chi connectivity index (χ0) is 12.2. The fourth-order valence-electron chi connectivity index (χ4n) is 2.42.